The Hall–Kier alpha value is -3.94. The Labute approximate surface area is 178 Å². The lowest BCUT2D eigenvalue weighted by Gasteiger charge is -2.15. The summed E-state index contributed by atoms with van der Waals surface area (Å²) < 4.78 is 8.19. The molecule has 0 aliphatic rings. The van der Waals surface area contributed by atoms with Gasteiger partial charge in [0.2, 0.25) is 0 Å². The molecule has 0 saturated heterocycles. The number of ether oxygens (including phenoxy) is 1. The number of pyridine rings is 2. The molecule has 158 valence electrons. The highest BCUT2D eigenvalue weighted by Crippen LogP contribution is 2.27. The number of carbonyl (C=O) groups excluding carboxylic acids is 1. The Kier molecular flexibility index (Phi) is 5.53. The monoisotopic (exact) mass is 418 g/mol. The summed E-state index contributed by atoms with van der Waals surface area (Å²) in [6.07, 6.45) is 5.66. The molecule has 4 aromatic rings. The van der Waals surface area contributed by atoms with Crippen LogP contribution in [-0.4, -0.2) is 36.8 Å². The van der Waals surface area contributed by atoms with E-state index < -0.39 is 22.8 Å². The smallest absolute Gasteiger partial charge is 0.347 e. The number of hydrogen-bond donors (Lipinski definition) is 1. The number of aromatic hydroxyl groups is 1. The molecule has 4 rings (SSSR count). The molecular weight excluding hydrogens is 396 g/mol. The van der Waals surface area contributed by atoms with Crippen LogP contribution in [-0.2, 0) is 24.8 Å². The number of carbonyl (C=O) groups is 1. The average molecular weight is 418 g/mol. The van der Waals surface area contributed by atoms with Gasteiger partial charge in [-0.05, 0) is 30.5 Å². The molecule has 0 unspecified atom stereocenters. The summed E-state index contributed by atoms with van der Waals surface area (Å²) in [4.78, 5) is 34.4. The van der Waals surface area contributed by atoms with Crippen molar-refractivity contribution in [3.05, 3.63) is 87.9 Å². The second-order valence-electron chi connectivity index (χ2n) is 7.16. The summed E-state index contributed by atoms with van der Waals surface area (Å²) in [7, 11) is 1.82. The Morgan fingerprint density at radius 1 is 1.16 bits per heavy atom. The second-order valence-corrected chi connectivity index (χ2v) is 7.16. The van der Waals surface area contributed by atoms with E-state index in [1.807, 2.05) is 43.4 Å². The molecule has 8 heteroatoms. The van der Waals surface area contributed by atoms with Crippen molar-refractivity contribution < 1.29 is 14.6 Å². The maximum absolute atomic E-state index is 13.3. The number of nitrogens with zero attached hydrogens (tertiary/aromatic N) is 4. The van der Waals surface area contributed by atoms with Gasteiger partial charge in [-0.1, -0.05) is 30.3 Å². The van der Waals surface area contributed by atoms with Crippen LogP contribution in [0.15, 0.2) is 59.8 Å². The molecule has 0 radical (unpaired) electrons. The minimum Gasteiger partial charge on any atom is -0.505 e. The van der Waals surface area contributed by atoms with E-state index in [2.05, 4.69) is 9.97 Å². The second kappa shape index (κ2) is 8.43. The zero-order valence-electron chi connectivity index (χ0n) is 17.3. The van der Waals surface area contributed by atoms with Crippen molar-refractivity contribution >= 4 is 17.0 Å². The van der Waals surface area contributed by atoms with E-state index in [4.69, 9.17) is 4.74 Å². The molecule has 8 nitrogen and oxygen atoms in total. The number of esters is 1. The number of rotatable bonds is 6. The first-order valence-corrected chi connectivity index (χ1v) is 9.91. The summed E-state index contributed by atoms with van der Waals surface area (Å²) in [6.45, 7) is 1.83. The number of aromatic nitrogens is 4. The number of benzene rings is 1. The third-order valence-corrected chi connectivity index (χ3v) is 5.09. The number of aryl methyl sites for hydroxylation is 1. The van der Waals surface area contributed by atoms with Crippen molar-refractivity contribution in [1.29, 1.82) is 0 Å². The quantitative estimate of drug-likeness (QED) is 0.483. The fraction of sp³-hybridized carbons (Fsp3) is 0.217. The van der Waals surface area contributed by atoms with Gasteiger partial charge in [-0.15, -0.1) is 0 Å². The van der Waals surface area contributed by atoms with Gasteiger partial charge in [0.15, 0.2) is 11.3 Å². The summed E-state index contributed by atoms with van der Waals surface area (Å²) in [6, 6.07) is 11.7. The maximum atomic E-state index is 13.3. The van der Waals surface area contributed by atoms with Gasteiger partial charge in [-0.3, -0.25) is 14.3 Å². The first-order valence-electron chi connectivity index (χ1n) is 9.91. The standard InChI is InChI=1S/C23H22N4O4/c1-3-31-23(30)19-21(28)20-17(27(22(19)29)14-18-24-9-10-26(18)2)12-16(13-25-20)11-15-7-5-4-6-8-15/h4-10,12-13,28H,3,11,14H2,1-2H3. The van der Waals surface area contributed by atoms with Crippen molar-refractivity contribution in [3.63, 3.8) is 0 Å². The summed E-state index contributed by atoms with van der Waals surface area (Å²) >= 11 is 0. The summed E-state index contributed by atoms with van der Waals surface area (Å²) in [5.74, 6) is -0.728. The molecule has 0 spiro atoms. The van der Waals surface area contributed by atoms with Crippen LogP contribution >= 0.6 is 0 Å². The zero-order valence-corrected chi connectivity index (χ0v) is 17.3. The van der Waals surface area contributed by atoms with Gasteiger partial charge in [0.25, 0.3) is 5.56 Å². The molecule has 0 bridgehead atoms. The fourth-order valence-electron chi connectivity index (χ4n) is 3.51. The molecule has 3 aromatic heterocycles. The van der Waals surface area contributed by atoms with Crippen molar-refractivity contribution in [3.8, 4) is 5.75 Å². The Balaban J connectivity index is 1.91. The van der Waals surface area contributed by atoms with Crippen LogP contribution in [0.4, 0.5) is 0 Å². The topological polar surface area (TPSA) is 99.2 Å². The molecule has 0 fully saturated rings. The van der Waals surface area contributed by atoms with Crippen LogP contribution in [0.1, 0.15) is 34.2 Å². The molecular formula is C23H22N4O4. The fourth-order valence-corrected chi connectivity index (χ4v) is 3.51. The van der Waals surface area contributed by atoms with E-state index in [0.29, 0.717) is 17.8 Å². The highest BCUT2D eigenvalue weighted by atomic mass is 16.5. The van der Waals surface area contributed by atoms with E-state index >= 15 is 0 Å². The lowest BCUT2D eigenvalue weighted by Crippen LogP contribution is -2.29. The molecule has 0 aliphatic heterocycles. The predicted octanol–water partition coefficient (Wildman–Crippen LogP) is 2.65. The first kappa shape index (κ1) is 20.3. The van der Waals surface area contributed by atoms with Crippen molar-refractivity contribution in [2.24, 2.45) is 7.05 Å². The van der Waals surface area contributed by atoms with Crippen LogP contribution in [0.5, 0.6) is 5.75 Å². The number of fused-ring (bicyclic) bond motifs is 1. The lowest BCUT2D eigenvalue weighted by atomic mass is 10.1. The van der Waals surface area contributed by atoms with E-state index in [1.165, 1.54) is 4.57 Å². The molecule has 0 aliphatic carbocycles. The van der Waals surface area contributed by atoms with Crippen LogP contribution in [0, 0.1) is 0 Å². The predicted molar refractivity (Wildman–Crippen MR) is 115 cm³/mol. The summed E-state index contributed by atoms with van der Waals surface area (Å²) in [5, 5.41) is 10.7. The van der Waals surface area contributed by atoms with Crippen molar-refractivity contribution in [2.45, 2.75) is 19.9 Å². The number of imidazole rings is 1. The van der Waals surface area contributed by atoms with Gasteiger partial charge in [-0.25, -0.2) is 9.78 Å². The summed E-state index contributed by atoms with van der Waals surface area (Å²) in [5.41, 5.74) is 1.47. The van der Waals surface area contributed by atoms with E-state index in [-0.39, 0.29) is 18.7 Å². The van der Waals surface area contributed by atoms with E-state index in [1.54, 1.807) is 30.1 Å². The molecule has 0 saturated carbocycles. The lowest BCUT2D eigenvalue weighted by molar-refractivity contribution is 0.0520. The Morgan fingerprint density at radius 2 is 1.94 bits per heavy atom. The van der Waals surface area contributed by atoms with Crippen molar-refractivity contribution in [2.75, 3.05) is 6.61 Å². The SMILES string of the molecule is CCOC(=O)c1c(O)c2ncc(Cc3ccccc3)cc2n(Cc2nccn2C)c1=O. The third kappa shape index (κ3) is 3.92. The largest absolute Gasteiger partial charge is 0.505 e. The van der Waals surface area contributed by atoms with Gasteiger partial charge in [0.1, 0.15) is 11.3 Å². The number of hydrogen-bond acceptors (Lipinski definition) is 6. The van der Waals surface area contributed by atoms with Crippen LogP contribution in [0.2, 0.25) is 0 Å². The molecule has 1 aromatic carbocycles. The van der Waals surface area contributed by atoms with E-state index in [0.717, 1.165) is 11.1 Å². The molecule has 3 heterocycles. The average Bonchev–Trinajstić information content (AvgIpc) is 3.16. The van der Waals surface area contributed by atoms with E-state index in [9.17, 15) is 14.7 Å². The highest BCUT2D eigenvalue weighted by Gasteiger charge is 2.25. The minimum absolute atomic E-state index is 0.0819. The highest BCUT2D eigenvalue weighted by molar-refractivity contribution is 5.98. The Bertz CT molecular complexity index is 1310. The first-order chi connectivity index (χ1) is 15.0. The maximum Gasteiger partial charge on any atom is 0.347 e. The Morgan fingerprint density at radius 3 is 2.61 bits per heavy atom. The molecule has 0 atom stereocenters. The normalized spacial score (nSPS) is 11.0. The van der Waals surface area contributed by atoms with Crippen LogP contribution in [0.3, 0.4) is 0 Å². The molecule has 0 amide bonds. The van der Waals surface area contributed by atoms with Gasteiger partial charge in [0.05, 0.1) is 18.7 Å². The van der Waals surface area contributed by atoms with Crippen molar-refractivity contribution in [1.82, 2.24) is 19.1 Å². The van der Waals surface area contributed by atoms with Crippen LogP contribution < -0.4 is 5.56 Å². The minimum atomic E-state index is -0.879. The molecule has 31 heavy (non-hydrogen) atoms. The van der Waals surface area contributed by atoms with Crippen LogP contribution in [0.25, 0.3) is 11.0 Å². The van der Waals surface area contributed by atoms with Gasteiger partial charge in [-0.2, -0.15) is 0 Å². The third-order valence-electron chi connectivity index (χ3n) is 5.09. The van der Waals surface area contributed by atoms with Gasteiger partial charge >= 0.3 is 5.97 Å². The van der Waals surface area contributed by atoms with Gasteiger partial charge in [0, 0.05) is 25.6 Å². The molecule has 1 N–H and O–H groups in total. The zero-order chi connectivity index (χ0) is 22.0. The van der Waals surface area contributed by atoms with Gasteiger partial charge < -0.3 is 14.4 Å².